The molecule has 8 heteroatoms. The first kappa shape index (κ1) is 19.3. The molecule has 1 aliphatic heterocycles. The number of anilines is 1. The fourth-order valence-corrected chi connectivity index (χ4v) is 3.27. The van der Waals surface area contributed by atoms with Crippen LogP contribution in [0, 0.1) is 5.92 Å². The monoisotopic (exact) mass is 408 g/mol. The molecular formula is C19H18Cl2N2O4. The summed E-state index contributed by atoms with van der Waals surface area (Å²) in [7, 11) is 1.45. The van der Waals surface area contributed by atoms with Crippen molar-refractivity contribution in [2.45, 2.75) is 13.0 Å². The van der Waals surface area contributed by atoms with Crippen LogP contribution < -0.4 is 15.0 Å². The van der Waals surface area contributed by atoms with Gasteiger partial charge in [-0.15, -0.1) is 0 Å². The number of phenols is 1. The lowest BCUT2D eigenvalue weighted by Gasteiger charge is -2.17. The molecule has 0 aliphatic carbocycles. The van der Waals surface area contributed by atoms with E-state index in [-0.39, 0.29) is 24.1 Å². The van der Waals surface area contributed by atoms with E-state index in [1.807, 2.05) is 0 Å². The zero-order valence-corrected chi connectivity index (χ0v) is 16.0. The summed E-state index contributed by atoms with van der Waals surface area (Å²) >= 11 is 11.9. The Kier molecular flexibility index (Phi) is 5.77. The number of nitrogens with one attached hydrogen (secondary N) is 1. The van der Waals surface area contributed by atoms with Crippen molar-refractivity contribution in [3.8, 4) is 11.5 Å². The summed E-state index contributed by atoms with van der Waals surface area (Å²) in [6, 6.07) is 9.75. The van der Waals surface area contributed by atoms with Crippen molar-refractivity contribution in [3.05, 3.63) is 52.0 Å². The average Bonchev–Trinajstić information content (AvgIpc) is 3.04. The van der Waals surface area contributed by atoms with Crippen LogP contribution in [0.3, 0.4) is 0 Å². The number of hydrogen-bond acceptors (Lipinski definition) is 4. The van der Waals surface area contributed by atoms with Gasteiger partial charge in [-0.05, 0) is 42.3 Å². The van der Waals surface area contributed by atoms with Crippen molar-refractivity contribution in [1.29, 1.82) is 0 Å². The molecule has 142 valence electrons. The van der Waals surface area contributed by atoms with E-state index in [9.17, 15) is 14.7 Å². The van der Waals surface area contributed by atoms with E-state index in [4.69, 9.17) is 27.9 Å². The standard InChI is InChI=1S/C19H18Cl2N2O4/c1-27-17-8-11(2-5-16(17)24)10-22-18(25)13-6-7-23(19(13)26)12-3-4-14(20)15(21)9-12/h2-5,8-9,13,24H,6-7,10H2,1H3,(H,22,25)/t13-/m0/s1. The first-order valence-electron chi connectivity index (χ1n) is 8.30. The molecule has 2 N–H and O–H groups in total. The van der Waals surface area contributed by atoms with Crippen molar-refractivity contribution >= 4 is 40.7 Å². The minimum Gasteiger partial charge on any atom is -0.504 e. The molecule has 6 nitrogen and oxygen atoms in total. The van der Waals surface area contributed by atoms with Gasteiger partial charge >= 0.3 is 0 Å². The molecule has 0 radical (unpaired) electrons. The molecule has 2 amide bonds. The highest BCUT2D eigenvalue weighted by Gasteiger charge is 2.37. The van der Waals surface area contributed by atoms with Crippen molar-refractivity contribution in [3.63, 3.8) is 0 Å². The van der Waals surface area contributed by atoms with Crippen molar-refractivity contribution in [2.75, 3.05) is 18.6 Å². The molecular weight excluding hydrogens is 391 g/mol. The minimum absolute atomic E-state index is 0.0239. The Bertz CT molecular complexity index is 888. The van der Waals surface area contributed by atoms with Crippen LogP contribution in [0.2, 0.25) is 10.0 Å². The summed E-state index contributed by atoms with van der Waals surface area (Å²) < 4.78 is 5.05. The molecule has 27 heavy (non-hydrogen) atoms. The highest BCUT2D eigenvalue weighted by molar-refractivity contribution is 6.42. The fraction of sp³-hybridized carbons (Fsp3) is 0.263. The van der Waals surface area contributed by atoms with Crippen LogP contribution >= 0.6 is 23.2 Å². The molecule has 2 aromatic carbocycles. The van der Waals surface area contributed by atoms with Gasteiger partial charge in [0.15, 0.2) is 11.5 Å². The largest absolute Gasteiger partial charge is 0.504 e. The van der Waals surface area contributed by atoms with Crippen LogP contribution in [-0.2, 0) is 16.1 Å². The first-order chi connectivity index (χ1) is 12.9. The molecule has 1 heterocycles. The van der Waals surface area contributed by atoms with Gasteiger partial charge in [0.05, 0.1) is 17.2 Å². The lowest BCUT2D eigenvalue weighted by atomic mass is 10.1. The zero-order chi connectivity index (χ0) is 19.6. The van der Waals surface area contributed by atoms with Crippen LogP contribution in [-0.4, -0.2) is 30.6 Å². The Hall–Kier alpha value is -2.44. The van der Waals surface area contributed by atoms with E-state index in [0.29, 0.717) is 34.4 Å². The second-order valence-corrected chi connectivity index (χ2v) is 6.97. The lowest BCUT2D eigenvalue weighted by molar-refractivity contribution is -0.132. The third kappa shape index (κ3) is 4.12. The smallest absolute Gasteiger partial charge is 0.239 e. The second-order valence-electron chi connectivity index (χ2n) is 6.15. The third-order valence-electron chi connectivity index (χ3n) is 4.45. The summed E-state index contributed by atoms with van der Waals surface area (Å²) in [5, 5.41) is 13.1. The van der Waals surface area contributed by atoms with Gasteiger partial charge in [0, 0.05) is 18.8 Å². The van der Waals surface area contributed by atoms with E-state index in [0.717, 1.165) is 5.56 Å². The Balaban J connectivity index is 1.64. The van der Waals surface area contributed by atoms with Crippen LogP contribution in [0.1, 0.15) is 12.0 Å². The van der Waals surface area contributed by atoms with Crippen LogP contribution in [0.25, 0.3) is 0 Å². The Morgan fingerprint density at radius 1 is 1.26 bits per heavy atom. The molecule has 2 aromatic rings. The quantitative estimate of drug-likeness (QED) is 0.743. The van der Waals surface area contributed by atoms with E-state index in [1.54, 1.807) is 30.3 Å². The van der Waals surface area contributed by atoms with Gasteiger partial charge in [-0.3, -0.25) is 9.59 Å². The van der Waals surface area contributed by atoms with E-state index < -0.39 is 5.92 Å². The Morgan fingerprint density at radius 3 is 2.74 bits per heavy atom. The molecule has 3 rings (SSSR count). The molecule has 1 saturated heterocycles. The zero-order valence-electron chi connectivity index (χ0n) is 14.5. The number of nitrogens with zero attached hydrogens (tertiary/aromatic N) is 1. The van der Waals surface area contributed by atoms with Gasteiger partial charge in [0.1, 0.15) is 5.92 Å². The minimum atomic E-state index is -0.751. The van der Waals surface area contributed by atoms with Gasteiger partial charge in [0.25, 0.3) is 0 Å². The van der Waals surface area contributed by atoms with E-state index in [2.05, 4.69) is 5.32 Å². The summed E-state index contributed by atoms with van der Waals surface area (Å²) in [6.45, 7) is 0.661. The highest BCUT2D eigenvalue weighted by atomic mass is 35.5. The Morgan fingerprint density at radius 2 is 2.04 bits per heavy atom. The molecule has 0 unspecified atom stereocenters. The topological polar surface area (TPSA) is 78.9 Å². The molecule has 1 fully saturated rings. The van der Waals surface area contributed by atoms with Gasteiger partial charge in [-0.25, -0.2) is 0 Å². The summed E-state index contributed by atoms with van der Waals surface area (Å²) in [4.78, 5) is 26.6. The maximum absolute atomic E-state index is 12.6. The number of ether oxygens (including phenoxy) is 1. The number of carbonyl (C=O) groups is 2. The molecule has 0 spiro atoms. The van der Waals surface area contributed by atoms with Crippen LogP contribution in [0.4, 0.5) is 5.69 Å². The van der Waals surface area contributed by atoms with Crippen LogP contribution in [0.5, 0.6) is 11.5 Å². The number of halogens is 2. The number of amides is 2. The summed E-state index contributed by atoms with van der Waals surface area (Å²) in [5.41, 5.74) is 1.37. The number of hydrogen-bond donors (Lipinski definition) is 2. The number of carbonyl (C=O) groups excluding carboxylic acids is 2. The predicted molar refractivity (Wildman–Crippen MR) is 103 cm³/mol. The molecule has 1 aliphatic rings. The molecule has 1 atom stereocenters. The van der Waals surface area contributed by atoms with Crippen molar-refractivity contribution in [2.24, 2.45) is 5.92 Å². The van der Waals surface area contributed by atoms with E-state index >= 15 is 0 Å². The van der Waals surface area contributed by atoms with Gasteiger partial charge in [-0.2, -0.15) is 0 Å². The molecule has 0 aromatic heterocycles. The highest BCUT2D eigenvalue weighted by Crippen LogP contribution is 2.31. The summed E-state index contributed by atoms with van der Waals surface area (Å²) in [5.74, 6) is -1.01. The fourth-order valence-electron chi connectivity index (χ4n) is 2.98. The van der Waals surface area contributed by atoms with Gasteiger partial charge in [-0.1, -0.05) is 29.3 Å². The van der Waals surface area contributed by atoms with Gasteiger partial charge in [0.2, 0.25) is 11.8 Å². The predicted octanol–water partition coefficient (Wildman–Crippen LogP) is 3.38. The third-order valence-corrected chi connectivity index (χ3v) is 5.19. The number of methoxy groups -OCH3 is 1. The Labute approximate surface area is 166 Å². The van der Waals surface area contributed by atoms with Crippen molar-refractivity contribution in [1.82, 2.24) is 5.32 Å². The average molecular weight is 409 g/mol. The number of aromatic hydroxyl groups is 1. The van der Waals surface area contributed by atoms with Crippen LogP contribution in [0.15, 0.2) is 36.4 Å². The number of phenolic OH excluding ortho intramolecular Hbond substituents is 1. The SMILES string of the molecule is COc1cc(CNC(=O)[C@@H]2CCN(c3ccc(Cl)c(Cl)c3)C2=O)ccc1O. The number of rotatable bonds is 5. The normalized spacial score (nSPS) is 16.5. The van der Waals surface area contributed by atoms with E-state index in [1.165, 1.54) is 18.1 Å². The maximum Gasteiger partial charge on any atom is 0.239 e. The summed E-state index contributed by atoms with van der Waals surface area (Å²) in [6.07, 6.45) is 0.420. The molecule has 0 bridgehead atoms. The lowest BCUT2D eigenvalue weighted by Crippen LogP contribution is -2.36. The second kappa shape index (κ2) is 8.06. The van der Waals surface area contributed by atoms with Crippen molar-refractivity contribution < 1.29 is 19.4 Å². The maximum atomic E-state index is 12.6. The van der Waals surface area contributed by atoms with Gasteiger partial charge < -0.3 is 20.1 Å². The number of benzene rings is 2. The first-order valence-corrected chi connectivity index (χ1v) is 9.06. The molecule has 0 saturated carbocycles.